The van der Waals surface area contributed by atoms with Gasteiger partial charge in [0.2, 0.25) is 5.96 Å². The van der Waals surface area contributed by atoms with Gasteiger partial charge in [-0.05, 0) is 48.4 Å². The molecule has 0 saturated carbocycles. The first-order chi connectivity index (χ1) is 15.3. The highest BCUT2D eigenvalue weighted by Gasteiger charge is 2.16. The zero-order valence-electron chi connectivity index (χ0n) is 17.3. The van der Waals surface area contributed by atoms with E-state index in [1.54, 1.807) is 55.6 Å². The largest absolute Gasteiger partial charge is 0.369 e. The van der Waals surface area contributed by atoms with Crippen molar-refractivity contribution in [3.05, 3.63) is 84.6 Å². The van der Waals surface area contributed by atoms with Crippen LogP contribution in [-0.2, 0) is 10.0 Å². The molecule has 0 aliphatic rings. The maximum atomic E-state index is 12.9. The summed E-state index contributed by atoms with van der Waals surface area (Å²) in [6, 6.07) is 21.8. The molecular weight excluding hydrogens is 424 g/mol. The lowest BCUT2D eigenvalue weighted by atomic mass is 10.1. The van der Waals surface area contributed by atoms with E-state index in [0.29, 0.717) is 11.4 Å². The van der Waals surface area contributed by atoms with Crippen molar-refractivity contribution in [2.24, 2.45) is 21.7 Å². The van der Waals surface area contributed by atoms with Crippen LogP contribution < -0.4 is 16.2 Å². The van der Waals surface area contributed by atoms with Gasteiger partial charge in [-0.3, -0.25) is 4.72 Å². The van der Waals surface area contributed by atoms with E-state index in [1.165, 1.54) is 0 Å². The number of hydrogen-bond acceptors (Lipinski definition) is 4. The summed E-state index contributed by atoms with van der Waals surface area (Å²) in [5.74, 6) is -0.143. The van der Waals surface area contributed by atoms with Crippen LogP contribution in [0.4, 0.5) is 5.69 Å². The Kier molecular flexibility index (Phi) is 5.65. The maximum absolute atomic E-state index is 12.9. The van der Waals surface area contributed by atoms with Crippen molar-refractivity contribution in [1.29, 1.82) is 0 Å². The van der Waals surface area contributed by atoms with Crippen molar-refractivity contribution in [3.63, 3.8) is 0 Å². The number of nitrogens with one attached hydrogen (secondary N) is 2. The second-order valence-electron chi connectivity index (χ2n) is 7.17. The summed E-state index contributed by atoms with van der Waals surface area (Å²) in [6.45, 7) is 1.76. The highest BCUT2D eigenvalue weighted by molar-refractivity contribution is 7.92. The summed E-state index contributed by atoms with van der Waals surface area (Å²) in [5.41, 5.74) is 15.2. The second-order valence-corrected chi connectivity index (χ2v) is 8.85. The molecule has 4 aromatic rings. The van der Waals surface area contributed by atoms with E-state index in [-0.39, 0.29) is 10.9 Å². The Hall–Kier alpha value is -4.11. The fourth-order valence-corrected chi connectivity index (χ4v) is 4.39. The maximum Gasteiger partial charge on any atom is 0.261 e. The summed E-state index contributed by atoms with van der Waals surface area (Å²) < 4.78 is 28.5. The molecule has 162 valence electrons. The molecule has 8 nitrogen and oxygen atoms in total. The van der Waals surface area contributed by atoms with Crippen LogP contribution >= 0.6 is 0 Å². The number of guanidine groups is 1. The molecule has 0 saturated heterocycles. The number of nitrogens with two attached hydrogens (primary N) is 2. The Morgan fingerprint density at radius 3 is 2.28 bits per heavy atom. The van der Waals surface area contributed by atoms with Gasteiger partial charge in [-0.25, -0.2) is 8.42 Å². The molecule has 0 aliphatic heterocycles. The van der Waals surface area contributed by atoms with Crippen LogP contribution in [0, 0.1) is 0 Å². The molecule has 0 atom stereocenters. The number of H-pyrrole nitrogens is 1. The van der Waals surface area contributed by atoms with Crippen molar-refractivity contribution in [2.45, 2.75) is 11.8 Å². The minimum atomic E-state index is -3.76. The lowest BCUT2D eigenvalue weighted by Gasteiger charge is -2.10. The van der Waals surface area contributed by atoms with Crippen LogP contribution in [0.1, 0.15) is 12.5 Å². The number of fused-ring (bicyclic) bond motifs is 1. The first-order valence-electron chi connectivity index (χ1n) is 9.76. The summed E-state index contributed by atoms with van der Waals surface area (Å²) >= 11 is 0. The predicted octanol–water partition coefficient (Wildman–Crippen LogP) is 3.63. The molecule has 0 spiro atoms. The third kappa shape index (κ3) is 4.47. The Bertz CT molecular complexity index is 1420. The van der Waals surface area contributed by atoms with Crippen molar-refractivity contribution in [3.8, 4) is 11.1 Å². The van der Waals surface area contributed by atoms with E-state index in [2.05, 4.69) is 19.9 Å². The molecule has 0 aliphatic carbocycles. The van der Waals surface area contributed by atoms with E-state index >= 15 is 0 Å². The highest BCUT2D eigenvalue weighted by atomic mass is 32.2. The standard InChI is InChI=1S/C23H22N6O2S/c1-15(27-28-23(24)25)21-14-26-22-12-9-18(13-20(21)22)29-32(30,31)19-10-7-17(8-11-19)16-5-3-2-4-6-16/h2-14,26,29H,1H3,(H4,24,25,28). The number of hydrogen-bond donors (Lipinski definition) is 4. The first kappa shape index (κ1) is 21.1. The van der Waals surface area contributed by atoms with E-state index in [0.717, 1.165) is 27.6 Å². The molecule has 4 rings (SSSR count). The Morgan fingerprint density at radius 2 is 1.59 bits per heavy atom. The molecule has 32 heavy (non-hydrogen) atoms. The Morgan fingerprint density at radius 1 is 0.906 bits per heavy atom. The molecule has 0 unspecified atom stereocenters. The zero-order valence-corrected chi connectivity index (χ0v) is 18.1. The van der Waals surface area contributed by atoms with Crippen LogP contribution in [0.25, 0.3) is 22.0 Å². The van der Waals surface area contributed by atoms with Crippen LogP contribution in [-0.4, -0.2) is 25.1 Å². The summed E-state index contributed by atoms with van der Waals surface area (Å²) in [7, 11) is -3.76. The SMILES string of the molecule is CC(=NN=C(N)N)c1c[nH]c2ccc(NS(=O)(=O)c3ccc(-c4ccccc4)cc3)cc12. The topological polar surface area (TPSA) is 139 Å². The van der Waals surface area contributed by atoms with Gasteiger partial charge in [-0.2, -0.15) is 5.10 Å². The molecule has 6 N–H and O–H groups in total. The van der Waals surface area contributed by atoms with Crippen molar-refractivity contribution in [1.82, 2.24) is 4.98 Å². The van der Waals surface area contributed by atoms with Gasteiger partial charge in [0.05, 0.1) is 10.6 Å². The highest BCUT2D eigenvalue weighted by Crippen LogP contribution is 2.26. The number of nitrogens with zero attached hydrogens (tertiary/aromatic N) is 2. The van der Waals surface area contributed by atoms with Gasteiger partial charge >= 0.3 is 0 Å². The van der Waals surface area contributed by atoms with Crippen LogP contribution in [0.15, 0.2) is 94.1 Å². The molecule has 1 aromatic heterocycles. The molecule has 9 heteroatoms. The average molecular weight is 447 g/mol. The molecule has 1 heterocycles. The first-order valence-corrected chi connectivity index (χ1v) is 11.2. The molecule has 0 bridgehead atoms. The quantitative estimate of drug-likeness (QED) is 0.204. The third-order valence-electron chi connectivity index (χ3n) is 4.91. The molecule has 0 fully saturated rings. The summed E-state index contributed by atoms with van der Waals surface area (Å²) in [4.78, 5) is 3.31. The van der Waals surface area contributed by atoms with E-state index in [1.807, 2.05) is 30.3 Å². The van der Waals surface area contributed by atoms with Crippen molar-refractivity contribution >= 4 is 38.3 Å². The minimum Gasteiger partial charge on any atom is -0.369 e. The number of aromatic nitrogens is 1. The number of sulfonamides is 1. The minimum absolute atomic E-state index is 0.143. The van der Waals surface area contributed by atoms with Gasteiger partial charge in [0.25, 0.3) is 10.0 Å². The normalized spacial score (nSPS) is 12.0. The lowest BCUT2D eigenvalue weighted by Crippen LogP contribution is -2.22. The van der Waals surface area contributed by atoms with Crippen molar-refractivity contribution < 1.29 is 8.42 Å². The van der Waals surface area contributed by atoms with E-state index in [9.17, 15) is 8.42 Å². The fourth-order valence-electron chi connectivity index (χ4n) is 3.34. The molecule has 3 aromatic carbocycles. The second kappa shape index (κ2) is 8.56. The predicted molar refractivity (Wildman–Crippen MR) is 129 cm³/mol. The van der Waals surface area contributed by atoms with Gasteiger partial charge < -0.3 is 16.5 Å². The summed E-state index contributed by atoms with van der Waals surface area (Å²) in [5, 5.41) is 8.46. The Balaban J connectivity index is 1.62. The average Bonchev–Trinajstić information content (AvgIpc) is 3.21. The van der Waals surface area contributed by atoms with Gasteiger partial charge in [0.15, 0.2) is 0 Å². The third-order valence-corrected chi connectivity index (χ3v) is 6.31. The Labute approximate surface area is 185 Å². The zero-order chi connectivity index (χ0) is 22.7. The summed E-state index contributed by atoms with van der Waals surface area (Å²) in [6.07, 6.45) is 1.77. The molecular formula is C23H22N6O2S. The van der Waals surface area contributed by atoms with Crippen LogP contribution in [0.3, 0.4) is 0 Å². The van der Waals surface area contributed by atoms with E-state index in [4.69, 9.17) is 11.5 Å². The van der Waals surface area contributed by atoms with Gasteiger partial charge in [0, 0.05) is 28.4 Å². The number of benzene rings is 3. The number of rotatable bonds is 6. The monoisotopic (exact) mass is 446 g/mol. The van der Waals surface area contributed by atoms with Crippen LogP contribution in [0.5, 0.6) is 0 Å². The van der Waals surface area contributed by atoms with Gasteiger partial charge in [-0.15, -0.1) is 5.10 Å². The smallest absolute Gasteiger partial charge is 0.261 e. The van der Waals surface area contributed by atoms with Gasteiger partial charge in [-0.1, -0.05) is 42.5 Å². The van der Waals surface area contributed by atoms with E-state index < -0.39 is 10.0 Å². The molecule has 0 amide bonds. The fraction of sp³-hybridized carbons (Fsp3) is 0.0435. The number of anilines is 1. The van der Waals surface area contributed by atoms with Gasteiger partial charge in [0.1, 0.15) is 0 Å². The van der Waals surface area contributed by atoms with Crippen molar-refractivity contribution in [2.75, 3.05) is 4.72 Å². The number of aromatic amines is 1. The molecule has 0 radical (unpaired) electrons. The lowest BCUT2D eigenvalue weighted by molar-refractivity contribution is 0.601. The van der Waals surface area contributed by atoms with Crippen LogP contribution in [0.2, 0.25) is 0 Å².